The molecule has 1 aromatic carbocycles. The van der Waals surface area contributed by atoms with Crippen molar-refractivity contribution in [2.75, 3.05) is 39.6 Å². The van der Waals surface area contributed by atoms with Crippen molar-refractivity contribution < 1.29 is 22.8 Å². The summed E-state index contributed by atoms with van der Waals surface area (Å²) in [5, 5.41) is 0. The lowest BCUT2D eigenvalue weighted by atomic mass is 10.1. The summed E-state index contributed by atoms with van der Waals surface area (Å²) in [4.78, 5) is 0. The number of hydrogen-bond acceptors (Lipinski definition) is 5. The Morgan fingerprint density at radius 2 is 1.06 bits per heavy atom. The quantitative estimate of drug-likeness (QED) is 0.127. The number of para-hydroxylation sites is 1. The van der Waals surface area contributed by atoms with Gasteiger partial charge in [-0.1, -0.05) is 63.1 Å². The van der Waals surface area contributed by atoms with Crippen LogP contribution in [0.15, 0.2) is 30.3 Å². The standard InChI is InChI=1S/C26H48O5Si/c1-4-29-32(30-5-2,31-6-3)25-18-13-11-9-7-8-10-12-17-22-27-23-19-24-28-26-20-15-14-16-21-26/h14-16,20-21H,4-13,17-19,22-25H2,1-3H3. The maximum Gasteiger partial charge on any atom is 0.500 e. The molecule has 0 aliphatic rings. The van der Waals surface area contributed by atoms with Gasteiger partial charge in [0, 0.05) is 45.5 Å². The average molecular weight is 469 g/mol. The van der Waals surface area contributed by atoms with Crippen LogP contribution in [0, 0.1) is 0 Å². The highest BCUT2D eigenvalue weighted by molar-refractivity contribution is 6.60. The van der Waals surface area contributed by atoms with Gasteiger partial charge >= 0.3 is 8.80 Å². The van der Waals surface area contributed by atoms with Crippen LogP contribution in [0.3, 0.4) is 0 Å². The molecule has 0 aliphatic carbocycles. The number of hydrogen-bond donors (Lipinski definition) is 0. The zero-order chi connectivity index (χ0) is 23.2. The molecule has 6 heteroatoms. The highest BCUT2D eigenvalue weighted by atomic mass is 28.4. The van der Waals surface area contributed by atoms with Crippen molar-refractivity contribution in [2.45, 2.75) is 91.0 Å². The number of rotatable bonds is 23. The van der Waals surface area contributed by atoms with E-state index in [2.05, 4.69) is 0 Å². The highest BCUT2D eigenvalue weighted by Crippen LogP contribution is 2.21. The Balaban J connectivity index is 1.86. The number of benzene rings is 1. The molecule has 0 amide bonds. The fourth-order valence-electron chi connectivity index (χ4n) is 3.75. The second-order valence-corrected chi connectivity index (χ2v) is 10.8. The molecule has 0 saturated carbocycles. The SMILES string of the molecule is CCO[Si](CCCCCCCCCCCOCCCOc1ccccc1)(OCC)OCC. The third kappa shape index (κ3) is 15.0. The molecule has 0 aromatic heterocycles. The molecule has 0 radical (unpaired) electrons. The molecule has 1 aromatic rings. The summed E-state index contributed by atoms with van der Waals surface area (Å²) in [6, 6.07) is 10.9. The minimum Gasteiger partial charge on any atom is -0.494 e. The van der Waals surface area contributed by atoms with Crippen LogP contribution in [-0.4, -0.2) is 48.4 Å². The van der Waals surface area contributed by atoms with Gasteiger partial charge in [-0.25, -0.2) is 0 Å². The van der Waals surface area contributed by atoms with E-state index in [9.17, 15) is 0 Å². The molecule has 0 aliphatic heterocycles. The smallest absolute Gasteiger partial charge is 0.494 e. The van der Waals surface area contributed by atoms with E-state index in [0.717, 1.165) is 44.5 Å². The lowest BCUT2D eigenvalue weighted by Gasteiger charge is -2.28. The largest absolute Gasteiger partial charge is 0.500 e. The Kier molecular flexibility index (Phi) is 18.8. The van der Waals surface area contributed by atoms with Crippen LogP contribution < -0.4 is 4.74 Å². The van der Waals surface area contributed by atoms with E-state index in [1.165, 1.54) is 51.4 Å². The minimum absolute atomic E-state index is 0.667. The summed E-state index contributed by atoms with van der Waals surface area (Å²) in [5.41, 5.74) is 0. The molecular formula is C26H48O5Si. The van der Waals surface area contributed by atoms with Crippen LogP contribution in [0.25, 0.3) is 0 Å². The minimum atomic E-state index is -2.44. The normalized spacial score (nSPS) is 11.7. The molecular weight excluding hydrogens is 420 g/mol. The predicted octanol–water partition coefficient (Wildman–Crippen LogP) is 7.03. The summed E-state index contributed by atoms with van der Waals surface area (Å²) in [7, 11) is -2.44. The zero-order valence-electron chi connectivity index (χ0n) is 20.9. The molecule has 0 unspecified atom stereocenters. The van der Waals surface area contributed by atoms with Crippen molar-refractivity contribution >= 4 is 8.80 Å². The van der Waals surface area contributed by atoms with Gasteiger partial charge in [0.15, 0.2) is 0 Å². The van der Waals surface area contributed by atoms with Gasteiger partial charge in [0.25, 0.3) is 0 Å². The van der Waals surface area contributed by atoms with Crippen LogP contribution in [0.4, 0.5) is 0 Å². The summed E-state index contributed by atoms with van der Waals surface area (Å²) < 4.78 is 29.2. The van der Waals surface area contributed by atoms with Crippen molar-refractivity contribution in [1.29, 1.82) is 0 Å². The molecule has 0 spiro atoms. The van der Waals surface area contributed by atoms with Crippen molar-refractivity contribution in [1.82, 2.24) is 0 Å². The Morgan fingerprint density at radius 1 is 0.562 bits per heavy atom. The van der Waals surface area contributed by atoms with E-state index < -0.39 is 8.80 Å². The third-order valence-electron chi connectivity index (χ3n) is 5.31. The van der Waals surface area contributed by atoms with E-state index in [1.807, 2.05) is 51.1 Å². The highest BCUT2D eigenvalue weighted by Gasteiger charge is 2.39. The summed E-state index contributed by atoms with van der Waals surface area (Å²) >= 11 is 0. The Morgan fingerprint density at radius 3 is 1.62 bits per heavy atom. The van der Waals surface area contributed by atoms with Crippen LogP contribution in [0.5, 0.6) is 5.75 Å². The summed E-state index contributed by atoms with van der Waals surface area (Å²) in [5.74, 6) is 0.934. The fourth-order valence-corrected chi connectivity index (χ4v) is 6.44. The van der Waals surface area contributed by atoms with Crippen LogP contribution in [-0.2, 0) is 18.0 Å². The van der Waals surface area contributed by atoms with E-state index in [0.29, 0.717) is 19.8 Å². The summed E-state index contributed by atoms with van der Waals surface area (Å²) in [6.07, 6.45) is 12.4. The van der Waals surface area contributed by atoms with Gasteiger partial charge in [-0.2, -0.15) is 0 Å². The van der Waals surface area contributed by atoms with Gasteiger partial charge in [0.2, 0.25) is 0 Å². The first-order valence-electron chi connectivity index (χ1n) is 12.9. The van der Waals surface area contributed by atoms with Gasteiger partial charge in [-0.15, -0.1) is 0 Å². The molecule has 0 heterocycles. The van der Waals surface area contributed by atoms with Crippen molar-refractivity contribution in [3.05, 3.63) is 30.3 Å². The first kappa shape index (κ1) is 29.1. The Hall–Kier alpha value is -0.923. The topological polar surface area (TPSA) is 46.2 Å². The van der Waals surface area contributed by atoms with Crippen molar-refractivity contribution in [2.24, 2.45) is 0 Å². The van der Waals surface area contributed by atoms with E-state index in [-0.39, 0.29) is 0 Å². The molecule has 0 N–H and O–H groups in total. The van der Waals surface area contributed by atoms with E-state index in [1.54, 1.807) is 0 Å². The monoisotopic (exact) mass is 468 g/mol. The van der Waals surface area contributed by atoms with Gasteiger partial charge in [0.1, 0.15) is 5.75 Å². The maximum atomic E-state index is 5.93. The lowest BCUT2D eigenvalue weighted by Crippen LogP contribution is -2.45. The molecule has 0 bridgehead atoms. The lowest BCUT2D eigenvalue weighted by molar-refractivity contribution is 0.0706. The van der Waals surface area contributed by atoms with Crippen molar-refractivity contribution in [3.63, 3.8) is 0 Å². The molecule has 0 fully saturated rings. The summed E-state index contributed by atoms with van der Waals surface area (Å²) in [6.45, 7) is 10.4. The molecule has 186 valence electrons. The first-order chi connectivity index (χ1) is 15.8. The van der Waals surface area contributed by atoms with Gasteiger partial charge in [-0.05, 0) is 45.7 Å². The second kappa shape index (κ2) is 20.7. The van der Waals surface area contributed by atoms with E-state index >= 15 is 0 Å². The van der Waals surface area contributed by atoms with Crippen molar-refractivity contribution in [3.8, 4) is 5.75 Å². The molecule has 5 nitrogen and oxygen atoms in total. The zero-order valence-corrected chi connectivity index (χ0v) is 21.9. The third-order valence-corrected chi connectivity index (χ3v) is 8.46. The fraction of sp³-hybridized carbons (Fsp3) is 0.769. The average Bonchev–Trinajstić information content (AvgIpc) is 2.80. The number of ether oxygens (including phenoxy) is 2. The number of unbranched alkanes of at least 4 members (excludes halogenated alkanes) is 8. The Labute approximate surface area is 198 Å². The molecule has 32 heavy (non-hydrogen) atoms. The van der Waals surface area contributed by atoms with Crippen LogP contribution in [0.1, 0.15) is 85.0 Å². The van der Waals surface area contributed by atoms with Gasteiger partial charge < -0.3 is 22.8 Å². The predicted molar refractivity (Wildman–Crippen MR) is 134 cm³/mol. The maximum absolute atomic E-state index is 5.93. The van der Waals surface area contributed by atoms with Crippen LogP contribution in [0.2, 0.25) is 6.04 Å². The van der Waals surface area contributed by atoms with Gasteiger partial charge in [-0.3, -0.25) is 0 Å². The Bertz CT molecular complexity index is 497. The van der Waals surface area contributed by atoms with E-state index in [4.69, 9.17) is 22.8 Å². The molecule has 0 atom stereocenters. The van der Waals surface area contributed by atoms with Crippen LogP contribution >= 0.6 is 0 Å². The first-order valence-corrected chi connectivity index (χ1v) is 14.9. The molecule has 0 saturated heterocycles. The second-order valence-electron chi connectivity index (χ2n) is 8.04. The molecule has 1 rings (SSSR count). The van der Waals surface area contributed by atoms with Gasteiger partial charge in [0.05, 0.1) is 6.61 Å².